The van der Waals surface area contributed by atoms with Gasteiger partial charge in [-0.1, -0.05) is 57.5 Å². The van der Waals surface area contributed by atoms with Crippen molar-refractivity contribution in [3.8, 4) is 22.6 Å². The van der Waals surface area contributed by atoms with Crippen molar-refractivity contribution < 1.29 is 9.47 Å². The van der Waals surface area contributed by atoms with Crippen molar-refractivity contribution in [3.63, 3.8) is 0 Å². The molecule has 24 heavy (non-hydrogen) atoms. The Morgan fingerprint density at radius 2 is 1.46 bits per heavy atom. The molecule has 0 aliphatic heterocycles. The smallest absolute Gasteiger partial charge is 0.130 e. The molecule has 1 saturated carbocycles. The van der Waals surface area contributed by atoms with Crippen LogP contribution in [0.25, 0.3) is 11.1 Å². The van der Waals surface area contributed by atoms with Gasteiger partial charge in [0.15, 0.2) is 0 Å². The summed E-state index contributed by atoms with van der Waals surface area (Å²) in [5.41, 5.74) is 3.20. The quantitative estimate of drug-likeness (QED) is 0.674. The van der Waals surface area contributed by atoms with E-state index < -0.39 is 0 Å². The van der Waals surface area contributed by atoms with Crippen LogP contribution < -0.4 is 14.8 Å². The lowest BCUT2D eigenvalue weighted by Gasteiger charge is -2.30. The van der Waals surface area contributed by atoms with Crippen molar-refractivity contribution in [1.29, 1.82) is 0 Å². The molecular formula is C21H27O2P. The molecule has 0 saturated heterocycles. The van der Waals surface area contributed by atoms with E-state index in [-0.39, 0.29) is 7.92 Å². The van der Waals surface area contributed by atoms with Crippen molar-refractivity contribution in [1.82, 2.24) is 0 Å². The molecule has 3 heteroatoms. The third-order valence-corrected chi connectivity index (χ3v) is 7.87. The van der Waals surface area contributed by atoms with Gasteiger partial charge in [-0.2, -0.15) is 0 Å². The SMILES string of the molecule is COc1cccc(OC)c1-c1ccccc1P(C)C1CCCCC1. The minimum atomic E-state index is -0.184. The molecule has 0 spiro atoms. The van der Waals surface area contributed by atoms with Gasteiger partial charge in [0.25, 0.3) is 0 Å². The van der Waals surface area contributed by atoms with E-state index in [2.05, 4.69) is 30.9 Å². The number of rotatable bonds is 5. The minimum absolute atomic E-state index is 0.184. The zero-order chi connectivity index (χ0) is 16.9. The van der Waals surface area contributed by atoms with E-state index in [4.69, 9.17) is 9.47 Å². The Kier molecular flexibility index (Phi) is 5.79. The first-order valence-electron chi connectivity index (χ1n) is 8.79. The van der Waals surface area contributed by atoms with Crippen LogP contribution in [-0.2, 0) is 0 Å². The second-order valence-electron chi connectivity index (χ2n) is 6.46. The number of hydrogen-bond acceptors (Lipinski definition) is 2. The first kappa shape index (κ1) is 17.3. The van der Waals surface area contributed by atoms with E-state index in [1.807, 2.05) is 18.2 Å². The van der Waals surface area contributed by atoms with Gasteiger partial charge in [-0.3, -0.25) is 0 Å². The van der Waals surface area contributed by atoms with Crippen LogP contribution in [0.15, 0.2) is 42.5 Å². The van der Waals surface area contributed by atoms with E-state index in [1.165, 1.54) is 43.0 Å². The van der Waals surface area contributed by atoms with Gasteiger partial charge >= 0.3 is 0 Å². The van der Waals surface area contributed by atoms with E-state index in [9.17, 15) is 0 Å². The average Bonchev–Trinajstić information content (AvgIpc) is 2.67. The van der Waals surface area contributed by atoms with Gasteiger partial charge in [-0.05, 0) is 48.2 Å². The summed E-state index contributed by atoms with van der Waals surface area (Å²) in [6.45, 7) is 2.45. The molecule has 1 fully saturated rings. The standard InChI is InChI=1S/C21H27O2P/c1-22-18-13-9-14-19(23-2)21(18)17-12-7-8-15-20(17)24(3)16-10-5-4-6-11-16/h7-9,12-16H,4-6,10-11H2,1-3H3. The Morgan fingerprint density at radius 3 is 2.08 bits per heavy atom. The maximum Gasteiger partial charge on any atom is 0.130 e. The summed E-state index contributed by atoms with van der Waals surface area (Å²) in [7, 11) is 3.28. The van der Waals surface area contributed by atoms with Crippen molar-refractivity contribution in [2.24, 2.45) is 0 Å². The number of ether oxygens (including phenoxy) is 2. The summed E-state index contributed by atoms with van der Waals surface area (Å²) in [6.07, 6.45) is 6.93. The van der Waals surface area contributed by atoms with Crippen LogP contribution in [0.2, 0.25) is 0 Å². The van der Waals surface area contributed by atoms with E-state index in [1.54, 1.807) is 14.2 Å². The van der Waals surface area contributed by atoms with Crippen molar-refractivity contribution in [2.75, 3.05) is 20.9 Å². The highest BCUT2D eigenvalue weighted by molar-refractivity contribution is 7.65. The Hall–Kier alpha value is -1.53. The summed E-state index contributed by atoms with van der Waals surface area (Å²) in [4.78, 5) is 0. The molecule has 0 radical (unpaired) electrons. The molecule has 1 atom stereocenters. The summed E-state index contributed by atoms with van der Waals surface area (Å²) < 4.78 is 11.3. The first-order chi connectivity index (χ1) is 11.8. The zero-order valence-electron chi connectivity index (χ0n) is 14.9. The summed E-state index contributed by atoms with van der Waals surface area (Å²) in [5, 5.41) is 1.47. The molecule has 0 N–H and O–H groups in total. The Balaban J connectivity index is 2.07. The molecule has 2 aromatic carbocycles. The van der Waals surface area contributed by atoms with Gasteiger partial charge in [0.2, 0.25) is 0 Å². The van der Waals surface area contributed by atoms with Gasteiger partial charge in [0.1, 0.15) is 11.5 Å². The van der Waals surface area contributed by atoms with Gasteiger partial charge < -0.3 is 9.47 Å². The molecule has 0 amide bonds. The van der Waals surface area contributed by atoms with Gasteiger partial charge in [0.05, 0.1) is 19.8 Å². The molecule has 3 rings (SSSR count). The summed E-state index contributed by atoms with van der Waals surface area (Å²) >= 11 is 0. The predicted octanol–water partition coefficient (Wildman–Crippen LogP) is 5.44. The average molecular weight is 342 g/mol. The molecule has 0 bridgehead atoms. The molecule has 2 nitrogen and oxygen atoms in total. The molecule has 0 heterocycles. The highest BCUT2D eigenvalue weighted by Gasteiger charge is 2.25. The fourth-order valence-corrected chi connectivity index (χ4v) is 6.19. The van der Waals surface area contributed by atoms with Crippen LogP contribution >= 0.6 is 7.92 Å². The van der Waals surface area contributed by atoms with E-state index in [0.29, 0.717) is 0 Å². The number of hydrogen-bond donors (Lipinski definition) is 0. The zero-order valence-corrected chi connectivity index (χ0v) is 15.8. The Labute approximate surface area is 146 Å². The van der Waals surface area contributed by atoms with E-state index >= 15 is 0 Å². The van der Waals surface area contributed by atoms with Crippen LogP contribution in [0, 0.1) is 0 Å². The second kappa shape index (κ2) is 8.03. The monoisotopic (exact) mass is 342 g/mol. The predicted molar refractivity (Wildman–Crippen MR) is 104 cm³/mol. The fraction of sp³-hybridized carbons (Fsp3) is 0.429. The summed E-state index contributed by atoms with van der Waals surface area (Å²) in [5.74, 6) is 1.77. The van der Waals surface area contributed by atoms with Gasteiger partial charge in [0, 0.05) is 0 Å². The normalized spacial score (nSPS) is 16.6. The maximum atomic E-state index is 5.65. The van der Waals surface area contributed by atoms with Crippen LogP contribution in [0.1, 0.15) is 32.1 Å². The van der Waals surface area contributed by atoms with Gasteiger partial charge in [-0.15, -0.1) is 0 Å². The van der Waals surface area contributed by atoms with Crippen molar-refractivity contribution >= 4 is 13.2 Å². The molecule has 1 unspecified atom stereocenters. The number of methoxy groups -OCH3 is 2. The second-order valence-corrected chi connectivity index (χ2v) is 8.89. The third kappa shape index (κ3) is 3.44. The first-order valence-corrected chi connectivity index (χ1v) is 10.6. The molecular weight excluding hydrogens is 315 g/mol. The molecule has 128 valence electrons. The molecule has 0 aromatic heterocycles. The lowest BCUT2D eigenvalue weighted by molar-refractivity contribution is 0.397. The van der Waals surface area contributed by atoms with Gasteiger partial charge in [-0.25, -0.2) is 0 Å². The maximum absolute atomic E-state index is 5.65. The lowest BCUT2D eigenvalue weighted by atomic mass is 10.0. The van der Waals surface area contributed by atoms with Crippen LogP contribution in [-0.4, -0.2) is 26.5 Å². The Morgan fingerprint density at radius 1 is 0.833 bits per heavy atom. The molecule has 1 aliphatic rings. The summed E-state index contributed by atoms with van der Waals surface area (Å²) in [6, 6.07) is 14.8. The topological polar surface area (TPSA) is 18.5 Å². The molecule has 1 aliphatic carbocycles. The Bertz CT molecular complexity index is 655. The van der Waals surface area contributed by atoms with Crippen LogP contribution in [0.3, 0.4) is 0 Å². The number of benzene rings is 2. The van der Waals surface area contributed by atoms with Crippen LogP contribution in [0.5, 0.6) is 11.5 Å². The van der Waals surface area contributed by atoms with E-state index in [0.717, 1.165) is 22.7 Å². The lowest BCUT2D eigenvalue weighted by Crippen LogP contribution is -2.18. The molecule has 2 aromatic rings. The highest BCUT2D eigenvalue weighted by Crippen LogP contribution is 2.48. The largest absolute Gasteiger partial charge is 0.496 e. The minimum Gasteiger partial charge on any atom is -0.496 e. The third-order valence-electron chi connectivity index (χ3n) is 5.10. The fourth-order valence-electron chi connectivity index (χ4n) is 3.77. The van der Waals surface area contributed by atoms with Crippen molar-refractivity contribution in [3.05, 3.63) is 42.5 Å². The van der Waals surface area contributed by atoms with Crippen LogP contribution in [0.4, 0.5) is 0 Å². The highest BCUT2D eigenvalue weighted by atomic mass is 31.1. The van der Waals surface area contributed by atoms with Crippen molar-refractivity contribution in [2.45, 2.75) is 37.8 Å².